The molecular formula is C13H27N3. The molecule has 3 atom stereocenters. The van der Waals surface area contributed by atoms with Crippen molar-refractivity contribution < 1.29 is 0 Å². The van der Waals surface area contributed by atoms with Gasteiger partial charge >= 0.3 is 0 Å². The van der Waals surface area contributed by atoms with Crippen molar-refractivity contribution in [3.8, 4) is 0 Å². The van der Waals surface area contributed by atoms with Crippen LogP contribution in [0.2, 0.25) is 0 Å². The molecule has 1 aliphatic carbocycles. The molecule has 0 radical (unpaired) electrons. The van der Waals surface area contributed by atoms with Crippen LogP contribution in [0, 0.1) is 0 Å². The van der Waals surface area contributed by atoms with Crippen molar-refractivity contribution in [1.29, 1.82) is 0 Å². The van der Waals surface area contributed by atoms with Gasteiger partial charge in [-0.25, -0.2) is 0 Å². The molecule has 0 spiro atoms. The molecule has 2 fully saturated rings. The Morgan fingerprint density at radius 2 is 1.94 bits per heavy atom. The number of hydrogen-bond donors (Lipinski definition) is 1. The molecule has 16 heavy (non-hydrogen) atoms. The van der Waals surface area contributed by atoms with Crippen LogP contribution in [-0.2, 0) is 0 Å². The summed E-state index contributed by atoms with van der Waals surface area (Å²) in [4.78, 5) is 5.17. The average Bonchev–Trinajstić information content (AvgIpc) is 2.31. The third-order valence-corrected chi connectivity index (χ3v) is 4.53. The molecule has 2 aliphatic rings. The van der Waals surface area contributed by atoms with Crippen LogP contribution >= 0.6 is 0 Å². The Labute approximate surface area is 100.0 Å². The molecular weight excluding hydrogens is 198 g/mol. The van der Waals surface area contributed by atoms with Gasteiger partial charge in [0.2, 0.25) is 0 Å². The molecule has 3 nitrogen and oxygen atoms in total. The molecule has 2 N–H and O–H groups in total. The summed E-state index contributed by atoms with van der Waals surface area (Å²) in [6, 6.07) is 1.83. The van der Waals surface area contributed by atoms with E-state index in [1.54, 1.807) is 0 Å². The van der Waals surface area contributed by atoms with E-state index >= 15 is 0 Å². The number of hydrogen-bond acceptors (Lipinski definition) is 3. The molecule has 0 aromatic heterocycles. The van der Waals surface area contributed by atoms with Crippen molar-refractivity contribution in [3.05, 3.63) is 0 Å². The maximum atomic E-state index is 6.28. The summed E-state index contributed by atoms with van der Waals surface area (Å²) in [5.41, 5.74) is 6.28. The largest absolute Gasteiger partial charge is 0.326 e. The van der Waals surface area contributed by atoms with E-state index < -0.39 is 0 Å². The van der Waals surface area contributed by atoms with Gasteiger partial charge < -0.3 is 10.6 Å². The number of piperazine rings is 1. The first kappa shape index (κ1) is 12.3. The zero-order valence-corrected chi connectivity index (χ0v) is 10.9. The molecule has 1 saturated heterocycles. The second kappa shape index (κ2) is 5.48. The van der Waals surface area contributed by atoms with E-state index in [-0.39, 0.29) is 0 Å². The van der Waals surface area contributed by atoms with Gasteiger partial charge in [0.05, 0.1) is 0 Å². The van der Waals surface area contributed by atoms with E-state index in [0.717, 1.165) is 6.04 Å². The summed E-state index contributed by atoms with van der Waals surface area (Å²) in [6.07, 6.45) is 6.52. The monoisotopic (exact) mass is 225 g/mol. The van der Waals surface area contributed by atoms with E-state index in [1.807, 2.05) is 0 Å². The van der Waals surface area contributed by atoms with Gasteiger partial charge in [0.15, 0.2) is 0 Å². The molecule has 0 amide bonds. The summed E-state index contributed by atoms with van der Waals surface area (Å²) in [7, 11) is 2.26. The molecule has 94 valence electrons. The third-order valence-electron chi connectivity index (χ3n) is 4.53. The van der Waals surface area contributed by atoms with Crippen molar-refractivity contribution in [3.63, 3.8) is 0 Å². The molecule has 0 aromatic rings. The van der Waals surface area contributed by atoms with Crippen LogP contribution < -0.4 is 5.73 Å². The predicted molar refractivity (Wildman–Crippen MR) is 68.5 cm³/mol. The van der Waals surface area contributed by atoms with Gasteiger partial charge in [0, 0.05) is 37.8 Å². The maximum absolute atomic E-state index is 6.28. The summed E-state index contributed by atoms with van der Waals surface area (Å²) in [6.45, 7) is 5.95. The van der Waals surface area contributed by atoms with E-state index in [9.17, 15) is 0 Å². The fraction of sp³-hybridized carbons (Fsp3) is 1.00. The van der Waals surface area contributed by atoms with Crippen LogP contribution in [0.5, 0.6) is 0 Å². The molecule has 1 heterocycles. The quantitative estimate of drug-likeness (QED) is 0.768. The summed E-state index contributed by atoms with van der Waals surface area (Å²) in [5, 5.41) is 0. The molecule has 0 bridgehead atoms. The van der Waals surface area contributed by atoms with Crippen LogP contribution in [0.3, 0.4) is 0 Å². The highest BCUT2D eigenvalue weighted by molar-refractivity contribution is 4.90. The number of likely N-dealkylation sites (N-methyl/N-ethyl adjacent to an activating group) is 1. The van der Waals surface area contributed by atoms with E-state index in [2.05, 4.69) is 23.8 Å². The molecule has 3 unspecified atom stereocenters. The third kappa shape index (κ3) is 2.58. The number of nitrogens with two attached hydrogens (primary N) is 1. The van der Waals surface area contributed by atoms with Gasteiger partial charge in [-0.3, -0.25) is 4.90 Å². The van der Waals surface area contributed by atoms with E-state index in [1.165, 1.54) is 51.7 Å². The predicted octanol–water partition coefficient (Wildman–Crippen LogP) is 1.28. The van der Waals surface area contributed by atoms with Crippen LogP contribution in [0.25, 0.3) is 0 Å². The Hall–Kier alpha value is -0.120. The maximum Gasteiger partial charge on any atom is 0.0248 e. The first-order valence-electron chi connectivity index (χ1n) is 6.92. The first-order chi connectivity index (χ1) is 7.72. The van der Waals surface area contributed by atoms with Crippen LogP contribution in [0.1, 0.15) is 39.0 Å². The number of rotatable bonds is 2. The molecule has 0 aromatic carbocycles. The molecule has 2 rings (SSSR count). The van der Waals surface area contributed by atoms with Crippen LogP contribution in [0.15, 0.2) is 0 Å². The van der Waals surface area contributed by atoms with Gasteiger partial charge in [-0.15, -0.1) is 0 Å². The highest BCUT2D eigenvalue weighted by Gasteiger charge is 2.32. The number of nitrogens with zero attached hydrogens (tertiary/aromatic N) is 2. The van der Waals surface area contributed by atoms with Gasteiger partial charge in [0.1, 0.15) is 0 Å². The first-order valence-corrected chi connectivity index (χ1v) is 6.92. The lowest BCUT2D eigenvalue weighted by atomic mass is 9.89. The molecule has 1 aliphatic heterocycles. The van der Waals surface area contributed by atoms with Gasteiger partial charge in [-0.1, -0.05) is 19.8 Å². The highest BCUT2D eigenvalue weighted by atomic mass is 15.3. The Bertz CT molecular complexity index is 219. The van der Waals surface area contributed by atoms with Crippen molar-refractivity contribution in [2.45, 2.75) is 57.2 Å². The Balaban J connectivity index is 1.93. The Kier molecular flexibility index (Phi) is 4.22. The highest BCUT2D eigenvalue weighted by Crippen LogP contribution is 2.24. The fourth-order valence-electron chi connectivity index (χ4n) is 3.31. The lowest BCUT2D eigenvalue weighted by Crippen LogP contribution is -2.58. The van der Waals surface area contributed by atoms with Gasteiger partial charge in [-0.2, -0.15) is 0 Å². The summed E-state index contributed by atoms with van der Waals surface area (Å²) < 4.78 is 0. The fourth-order valence-corrected chi connectivity index (χ4v) is 3.31. The van der Waals surface area contributed by atoms with Gasteiger partial charge in [-0.05, 0) is 26.3 Å². The Morgan fingerprint density at radius 1 is 1.19 bits per heavy atom. The second-order valence-electron chi connectivity index (χ2n) is 5.55. The molecule has 3 heteroatoms. The topological polar surface area (TPSA) is 32.5 Å². The Morgan fingerprint density at radius 3 is 2.62 bits per heavy atom. The van der Waals surface area contributed by atoms with Crippen molar-refractivity contribution in [1.82, 2.24) is 9.80 Å². The van der Waals surface area contributed by atoms with Gasteiger partial charge in [0.25, 0.3) is 0 Å². The van der Waals surface area contributed by atoms with Crippen molar-refractivity contribution in [2.75, 3.05) is 26.7 Å². The van der Waals surface area contributed by atoms with Crippen LogP contribution in [-0.4, -0.2) is 54.6 Å². The minimum atomic E-state index is 0.426. The summed E-state index contributed by atoms with van der Waals surface area (Å²) >= 11 is 0. The normalized spacial score (nSPS) is 38.8. The molecule has 1 saturated carbocycles. The minimum absolute atomic E-state index is 0.426. The zero-order valence-electron chi connectivity index (χ0n) is 10.9. The van der Waals surface area contributed by atoms with E-state index in [4.69, 9.17) is 5.73 Å². The smallest absolute Gasteiger partial charge is 0.0248 e. The lowest BCUT2D eigenvalue weighted by molar-refractivity contribution is 0.0419. The minimum Gasteiger partial charge on any atom is -0.326 e. The zero-order chi connectivity index (χ0) is 11.5. The SMILES string of the molecule is CCC1CN(C2CCCCC2N)CCN1C. The standard InChI is InChI=1S/C13H27N3/c1-3-11-10-16(9-8-15(11)2)13-7-5-4-6-12(13)14/h11-13H,3-10,14H2,1-2H3. The average molecular weight is 225 g/mol. The van der Waals surface area contributed by atoms with Crippen molar-refractivity contribution in [2.24, 2.45) is 5.73 Å². The summed E-state index contributed by atoms with van der Waals surface area (Å²) in [5.74, 6) is 0. The lowest BCUT2D eigenvalue weighted by Gasteiger charge is -2.45. The van der Waals surface area contributed by atoms with Crippen LogP contribution in [0.4, 0.5) is 0 Å². The van der Waals surface area contributed by atoms with Crippen molar-refractivity contribution >= 4 is 0 Å². The second-order valence-corrected chi connectivity index (χ2v) is 5.55. The van der Waals surface area contributed by atoms with E-state index in [0.29, 0.717) is 12.1 Å².